The largest absolute Gasteiger partial charge is 0.352 e. The molecule has 1 aliphatic rings. The summed E-state index contributed by atoms with van der Waals surface area (Å²) in [6.07, 6.45) is 6.09. The van der Waals surface area contributed by atoms with Crippen molar-refractivity contribution in [3.05, 3.63) is 46.2 Å². The number of H-pyrrole nitrogens is 1. The Morgan fingerprint density at radius 2 is 1.85 bits per heavy atom. The van der Waals surface area contributed by atoms with Crippen molar-refractivity contribution in [1.82, 2.24) is 15.6 Å². The minimum atomic E-state index is -0.226. The average Bonchev–Trinajstić information content (AvgIpc) is 2.65. The van der Waals surface area contributed by atoms with Crippen LogP contribution in [0.1, 0.15) is 44.1 Å². The highest BCUT2D eigenvalue weighted by atomic mass is 16.2. The molecular weight excluding hydrogens is 330 g/mol. The van der Waals surface area contributed by atoms with E-state index in [1.54, 1.807) is 0 Å². The van der Waals surface area contributed by atoms with E-state index < -0.39 is 0 Å². The van der Waals surface area contributed by atoms with Crippen LogP contribution in [0.2, 0.25) is 0 Å². The standard InChI is InChI=1S/C20H25N3O3/c24-18(21-13-19(25)22-16-7-2-1-3-8-16)11-10-15-12-14-6-4-5-9-17(14)23-20(15)26/h4-6,9,12,16H,1-3,7-8,10-11,13H2,(H,21,24)(H,22,25)(H,23,26). The topological polar surface area (TPSA) is 91.1 Å². The summed E-state index contributed by atoms with van der Waals surface area (Å²) < 4.78 is 0. The third kappa shape index (κ3) is 4.94. The number of benzene rings is 1. The van der Waals surface area contributed by atoms with Gasteiger partial charge in [0.15, 0.2) is 0 Å². The lowest BCUT2D eigenvalue weighted by Gasteiger charge is -2.22. The fourth-order valence-corrected chi connectivity index (χ4v) is 3.42. The number of nitrogens with one attached hydrogen (secondary N) is 3. The van der Waals surface area contributed by atoms with E-state index in [-0.39, 0.29) is 36.4 Å². The van der Waals surface area contributed by atoms with Crippen LogP contribution in [0.25, 0.3) is 10.9 Å². The quantitative estimate of drug-likeness (QED) is 0.740. The number of carbonyl (C=O) groups excluding carboxylic acids is 2. The van der Waals surface area contributed by atoms with Crippen molar-refractivity contribution in [2.75, 3.05) is 6.54 Å². The minimum absolute atomic E-state index is 0.0105. The van der Waals surface area contributed by atoms with Crippen molar-refractivity contribution in [1.29, 1.82) is 0 Å². The molecule has 1 saturated carbocycles. The molecule has 2 aromatic rings. The fourth-order valence-electron chi connectivity index (χ4n) is 3.42. The number of carbonyl (C=O) groups is 2. The third-order valence-corrected chi connectivity index (χ3v) is 4.87. The van der Waals surface area contributed by atoms with Gasteiger partial charge in [0.05, 0.1) is 6.54 Å². The summed E-state index contributed by atoms with van der Waals surface area (Å²) in [4.78, 5) is 38.8. The number of fused-ring (bicyclic) bond motifs is 1. The average molecular weight is 355 g/mol. The van der Waals surface area contributed by atoms with E-state index in [2.05, 4.69) is 15.6 Å². The van der Waals surface area contributed by atoms with Crippen molar-refractivity contribution >= 4 is 22.7 Å². The van der Waals surface area contributed by atoms with Crippen molar-refractivity contribution in [3.63, 3.8) is 0 Å². The Kier molecular flexibility index (Phi) is 6.04. The van der Waals surface area contributed by atoms with Crippen LogP contribution in [0, 0.1) is 0 Å². The lowest BCUT2D eigenvalue weighted by molar-refractivity contribution is -0.126. The summed E-state index contributed by atoms with van der Waals surface area (Å²) in [5.41, 5.74) is 1.18. The first-order valence-electron chi connectivity index (χ1n) is 9.29. The SMILES string of the molecule is O=C(CCc1cc2ccccc2[nH]c1=O)NCC(=O)NC1CCCCC1. The first-order chi connectivity index (χ1) is 12.6. The smallest absolute Gasteiger partial charge is 0.251 e. The normalized spacial score (nSPS) is 14.9. The molecule has 0 saturated heterocycles. The second kappa shape index (κ2) is 8.65. The zero-order valence-corrected chi connectivity index (χ0v) is 14.8. The number of hydrogen-bond donors (Lipinski definition) is 3. The second-order valence-corrected chi connectivity index (χ2v) is 6.89. The highest BCUT2D eigenvalue weighted by Crippen LogP contribution is 2.17. The highest BCUT2D eigenvalue weighted by molar-refractivity contribution is 5.85. The van der Waals surface area contributed by atoms with E-state index in [4.69, 9.17) is 0 Å². The summed E-state index contributed by atoms with van der Waals surface area (Å²) >= 11 is 0. The first-order valence-corrected chi connectivity index (χ1v) is 9.29. The van der Waals surface area contributed by atoms with Gasteiger partial charge in [-0.15, -0.1) is 0 Å². The maximum atomic E-state index is 12.1. The van der Waals surface area contributed by atoms with Gasteiger partial charge in [0.1, 0.15) is 0 Å². The van der Waals surface area contributed by atoms with Gasteiger partial charge in [0.25, 0.3) is 5.56 Å². The van der Waals surface area contributed by atoms with E-state index in [0.717, 1.165) is 36.6 Å². The zero-order chi connectivity index (χ0) is 18.4. The predicted molar refractivity (Wildman–Crippen MR) is 101 cm³/mol. The molecule has 1 aromatic heterocycles. The molecule has 0 radical (unpaired) electrons. The lowest BCUT2D eigenvalue weighted by atomic mass is 9.95. The van der Waals surface area contributed by atoms with E-state index in [1.165, 1.54) is 6.42 Å². The molecule has 3 N–H and O–H groups in total. The first kappa shape index (κ1) is 18.2. The molecule has 6 heteroatoms. The summed E-state index contributed by atoms with van der Waals surface area (Å²) in [7, 11) is 0. The van der Waals surface area contributed by atoms with Gasteiger partial charge in [-0.05, 0) is 36.8 Å². The van der Waals surface area contributed by atoms with Crippen LogP contribution in [0.5, 0.6) is 0 Å². The second-order valence-electron chi connectivity index (χ2n) is 6.89. The number of amides is 2. The van der Waals surface area contributed by atoms with Gasteiger partial charge in [-0.2, -0.15) is 0 Å². The van der Waals surface area contributed by atoms with Crippen molar-refractivity contribution in [2.45, 2.75) is 51.0 Å². The Hall–Kier alpha value is -2.63. The molecule has 1 aliphatic carbocycles. The lowest BCUT2D eigenvalue weighted by Crippen LogP contribution is -2.42. The third-order valence-electron chi connectivity index (χ3n) is 4.87. The molecule has 3 rings (SSSR count). The Morgan fingerprint density at radius 3 is 2.65 bits per heavy atom. The Balaban J connectivity index is 1.46. The van der Waals surface area contributed by atoms with Crippen LogP contribution >= 0.6 is 0 Å². The van der Waals surface area contributed by atoms with Gasteiger partial charge in [-0.25, -0.2) is 0 Å². The molecule has 26 heavy (non-hydrogen) atoms. The zero-order valence-electron chi connectivity index (χ0n) is 14.8. The van der Waals surface area contributed by atoms with E-state index in [1.807, 2.05) is 30.3 Å². The molecule has 2 amide bonds. The van der Waals surface area contributed by atoms with Crippen molar-refractivity contribution in [3.8, 4) is 0 Å². The number of hydrogen-bond acceptors (Lipinski definition) is 3. The summed E-state index contributed by atoms with van der Waals surface area (Å²) in [5.74, 6) is -0.370. The van der Waals surface area contributed by atoms with Gasteiger partial charge >= 0.3 is 0 Å². The fraction of sp³-hybridized carbons (Fsp3) is 0.450. The van der Waals surface area contributed by atoms with E-state index >= 15 is 0 Å². The molecule has 1 aromatic carbocycles. The molecule has 138 valence electrons. The maximum absolute atomic E-state index is 12.1. The maximum Gasteiger partial charge on any atom is 0.251 e. The van der Waals surface area contributed by atoms with E-state index in [0.29, 0.717) is 12.0 Å². The van der Waals surface area contributed by atoms with Gasteiger partial charge in [-0.3, -0.25) is 14.4 Å². The molecule has 0 aliphatic heterocycles. The summed E-state index contributed by atoms with van der Waals surface area (Å²) in [5, 5.41) is 6.54. The molecule has 0 unspecified atom stereocenters. The molecular formula is C20H25N3O3. The predicted octanol–water partition coefficient (Wildman–Crippen LogP) is 2.03. The van der Waals surface area contributed by atoms with Gasteiger partial charge in [-0.1, -0.05) is 37.5 Å². The Bertz CT molecular complexity index is 838. The number of aromatic nitrogens is 1. The number of rotatable bonds is 6. The van der Waals surface area contributed by atoms with Crippen LogP contribution in [0.3, 0.4) is 0 Å². The summed E-state index contributed by atoms with van der Waals surface area (Å²) in [6.45, 7) is -0.0105. The van der Waals surface area contributed by atoms with Crippen LogP contribution in [0.4, 0.5) is 0 Å². The van der Waals surface area contributed by atoms with Gasteiger partial charge in [0, 0.05) is 23.5 Å². The number of aromatic amines is 1. The Morgan fingerprint density at radius 1 is 1.08 bits per heavy atom. The number of aryl methyl sites for hydroxylation is 1. The number of para-hydroxylation sites is 1. The monoisotopic (exact) mass is 355 g/mol. The molecule has 6 nitrogen and oxygen atoms in total. The van der Waals surface area contributed by atoms with Crippen LogP contribution < -0.4 is 16.2 Å². The summed E-state index contributed by atoms with van der Waals surface area (Å²) in [6, 6.07) is 9.59. The molecule has 1 fully saturated rings. The Labute approximate surface area is 152 Å². The molecule has 0 atom stereocenters. The van der Waals surface area contributed by atoms with Crippen molar-refractivity contribution in [2.24, 2.45) is 0 Å². The van der Waals surface area contributed by atoms with Crippen LogP contribution in [-0.2, 0) is 16.0 Å². The minimum Gasteiger partial charge on any atom is -0.352 e. The molecule has 0 bridgehead atoms. The van der Waals surface area contributed by atoms with E-state index in [9.17, 15) is 14.4 Å². The van der Waals surface area contributed by atoms with Gasteiger partial charge in [0.2, 0.25) is 11.8 Å². The number of pyridine rings is 1. The van der Waals surface area contributed by atoms with Gasteiger partial charge < -0.3 is 15.6 Å². The van der Waals surface area contributed by atoms with Crippen LogP contribution in [0.15, 0.2) is 35.1 Å². The van der Waals surface area contributed by atoms with Crippen molar-refractivity contribution < 1.29 is 9.59 Å². The molecule has 0 spiro atoms. The van der Waals surface area contributed by atoms with Crippen LogP contribution in [-0.4, -0.2) is 29.4 Å². The highest BCUT2D eigenvalue weighted by Gasteiger charge is 2.16. The molecule has 1 heterocycles.